The predicted molar refractivity (Wildman–Crippen MR) is 70.0 cm³/mol. The number of halogens is 1. The van der Waals surface area contributed by atoms with E-state index in [4.69, 9.17) is 0 Å². The number of hydrogen-bond donors (Lipinski definition) is 1. The summed E-state index contributed by atoms with van der Waals surface area (Å²) in [6, 6.07) is 5.50. The molecule has 1 heterocycles. The van der Waals surface area contributed by atoms with E-state index in [1.54, 1.807) is 0 Å². The van der Waals surface area contributed by atoms with Gasteiger partial charge < -0.3 is 5.32 Å². The van der Waals surface area contributed by atoms with Crippen LogP contribution in [0.4, 0.5) is 10.1 Å². The zero-order valence-corrected chi connectivity index (χ0v) is 10.5. The van der Waals surface area contributed by atoms with E-state index in [1.807, 2.05) is 26.1 Å². The second kappa shape index (κ2) is 4.70. The number of hydrogen-bond acceptors (Lipinski definition) is 2. The van der Waals surface area contributed by atoms with Crippen LogP contribution < -0.4 is 5.32 Å². The lowest BCUT2D eigenvalue weighted by atomic mass is 10.1. The summed E-state index contributed by atoms with van der Waals surface area (Å²) in [7, 11) is 1.85. The van der Waals surface area contributed by atoms with Crippen LogP contribution in [-0.2, 0) is 6.42 Å². The minimum Gasteiger partial charge on any atom is -0.388 e. The van der Waals surface area contributed by atoms with E-state index >= 15 is 0 Å². The van der Waals surface area contributed by atoms with Crippen molar-refractivity contribution in [2.75, 3.05) is 12.4 Å². The van der Waals surface area contributed by atoms with Crippen molar-refractivity contribution in [2.45, 2.75) is 26.7 Å². The van der Waals surface area contributed by atoms with Crippen LogP contribution in [0.25, 0.3) is 10.9 Å². The molecule has 3 heteroatoms. The van der Waals surface area contributed by atoms with Crippen molar-refractivity contribution < 1.29 is 4.39 Å². The second-order valence-electron chi connectivity index (χ2n) is 4.30. The van der Waals surface area contributed by atoms with Crippen LogP contribution in [0.5, 0.6) is 0 Å². The van der Waals surface area contributed by atoms with Crippen molar-refractivity contribution >= 4 is 16.6 Å². The van der Waals surface area contributed by atoms with Gasteiger partial charge in [-0.15, -0.1) is 0 Å². The summed E-state index contributed by atoms with van der Waals surface area (Å²) in [5, 5.41) is 3.97. The number of aryl methyl sites for hydroxylation is 2. The highest BCUT2D eigenvalue weighted by Gasteiger charge is 2.09. The topological polar surface area (TPSA) is 24.9 Å². The van der Waals surface area contributed by atoms with Crippen LogP contribution >= 0.6 is 0 Å². The molecule has 0 bridgehead atoms. The molecule has 0 radical (unpaired) electrons. The van der Waals surface area contributed by atoms with Crippen LogP contribution in [0, 0.1) is 12.7 Å². The van der Waals surface area contributed by atoms with Crippen molar-refractivity contribution in [3.8, 4) is 0 Å². The predicted octanol–water partition coefficient (Wildman–Crippen LogP) is 3.68. The minimum atomic E-state index is -0.241. The zero-order valence-electron chi connectivity index (χ0n) is 10.5. The van der Waals surface area contributed by atoms with Gasteiger partial charge in [-0.05, 0) is 37.1 Å². The molecule has 0 spiro atoms. The molecule has 0 amide bonds. The molecule has 17 heavy (non-hydrogen) atoms. The van der Waals surface area contributed by atoms with Gasteiger partial charge in [-0.1, -0.05) is 13.3 Å². The largest absolute Gasteiger partial charge is 0.388 e. The van der Waals surface area contributed by atoms with Crippen molar-refractivity contribution in [3.63, 3.8) is 0 Å². The fourth-order valence-electron chi connectivity index (χ4n) is 2.06. The average Bonchev–Trinajstić information content (AvgIpc) is 2.29. The number of fused-ring (bicyclic) bond motifs is 1. The first kappa shape index (κ1) is 11.8. The molecule has 1 aromatic heterocycles. The highest BCUT2D eigenvalue weighted by molar-refractivity contribution is 5.92. The highest BCUT2D eigenvalue weighted by atomic mass is 19.1. The summed E-state index contributed by atoms with van der Waals surface area (Å²) in [5.41, 5.74) is 3.26. The molecule has 0 aliphatic rings. The lowest BCUT2D eigenvalue weighted by Gasteiger charge is -2.10. The highest BCUT2D eigenvalue weighted by Crippen LogP contribution is 2.26. The van der Waals surface area contributed by atoms with Gasteiger partial charge in [0.25, 0.3) is 0 Å². The maximum absolute atomic E-state index is 13.9. The molecule has 90 valence electrons. The molecule has 2 nitrogen and oxygen atoms in total. The Balaban J connectivity index is 2.73. The van der Waals surface area contributed by atoms with Crippen molar-refractivity contribution in [1.29, 1.82) is 0 Å². The standard InChI is InChI=1S/C14H17FN2/c1-4-5-10-8-13(16-3)11-6-9(2)7-12(15)14(11)17-10/h6-8H,4-5H2,1-3H3,(H,16,17). The van der Waals surface area contributed by atoms with E-state index in [9.17, 15) is 4.39 Å². The molecule has 0 unspecified atom stereocenters. The first-order chi connectivity index (χ1) is 8.15. The number of pyridine rings is 1. The van der Waals surface area contributed by atoms with Crippen LogP contribution in [0.1, 0.15) is 24.6 Å². The third kappa shape index (κ3) is 2.23. The molecule has 0 atom stereocenters. The fourth-order valence-corrected chi connectivity index (χ4v) is 2.06. The van der Waals surface area contributed by atoms with Crippen molar-refractivity contribution in [3.05, 3.63) is 35.3 Å². The van der Waals surface area contributed by atoms with Crippen LogP contribution in [0.3, 0.4) is 0 Å². The SMILES string of the molecule is CCCc1cc(NC)c2cc(C)cc(F)c2n1. The van der Waals surface area contributed by atoms with Gasteiger partial charge in [0.05, 0.1) is 0 Å². The Morgan fingerprint density at radius 3 is 2.71 bits per heavy atom. The molecule has 2 aromatic rings. The Bertz CT molecular complexity index is 549. The lowest BCUT2D eigenvalue weighted by Crippen LogP contribution is -1.98. The number of benzene rings is 1. The molecule has 0 saturated heterocycles. The van der Waals surface area contributed by atoms with E-state index in [2.05, 4.69) is 17.2 Å². The maximum atomic E-state index is 13.9. The summed E-state index contributed by atoms with van der Waals surface area (Å²) < 4.78 is 13.9. The van der Waals surface area contributed by atoms with Gasteiger partial charge in [-0.3, -0.25) is 0 Å². The van der Waals surface area contributed by atoms with Gasteiger partial charge in [-0.2, -0.15) is 0 Å². The first-order valence-electron chi connectivity index (χ1n) is 5.93. The Labute approximate surface area is 101 Å². The molecule has 0 fully saturated rings. The normalized spacial score (nSPS) is 10.8. The Hall–Kier alpha value is -1.64. The van der Waals surface area contributed by atoms with E-state index in [1.165, 1.54) is 6.07 Å². The van der Waals surface area contributed by atoms with Gasteiger partial charge in [0, 0.05) is 23.8 Å². The van der Waals surface area contributed by atoms with Crippen molar-refractivity contribution in [2.24, 2.45) is 0 Å². The maximum Gasteiger partial charge on any atom is 0.149 e. The van der Waals surface area contributed by atoms with E-state index in [0.717, 1.165) is 35.2 Å². The molecule has 0 aliphatic carbocycles. The summed E-state index contributed by atoms with van der Waals surface area (Å²) in [6.45, 7) is 3.98. The summed E-state index contributed by atoms with van der Waals surface area (Å²) in [4.78, 5) is 4.40. The summed E-state index contributed by atoms with van der Waals surface area (Å²) in [5.74, 6) is -0.241. The minimum absolute atomic E-state index is 0.241. The average molecular weight is 232 g/mol. The summed E-state index contributed by atoms with van der Waals surface area (Å²) in [6.07, 6.45) is 1.88. The number of nitrogens with zero attached hydrogens (tertiary/aromatic N) is 1. The third-order valence-electron chi connectivity index (χ3n) is 2.84. The monoisotopic (exact) mass is 232 g/mol. The van der Waals surface area contributed by atoms with E-state index in [0.29, 0.717) is 5.52 Å². The number of nitrogens with one attached hydrogen (secondary N) is 1. The van der Waals surface area contributed by atoms with Gasteiger partial charge in [0.2, 0.25) is 0 Å². The Morgan fingerprint density at radius 2 is 2.06 bits per heavy atom. The molecule has 0 saturated carbocycles. The fraction of sp³-hybridized carbons (Fsp3) is 0.357. The Kier molecular flexibility index (Phi) is 3.27. The number of rotatable bonds is 3. The first-order valence-corrected chi connectivity index (χ1v) is 5.93. The van der Waals surface area contributed by atoms with Gasteiger partial charge >= 0.3 is 0 Å². The van der Waals surface area contributed by atoms with Crippen molar-refractivity contribution in [1.82, 2.24) is 4.98 Å². The van der Waals surface area contributed by atoms with Gasteiger partial charge in [0.15, 0.2) is 0 Å². The number of anilines is 1. The summed E-state index contributed by atoms with van der Waals surface area (Å²) >= 11 is 0. The van der Waals surface area contributed by atoms with Crippen LogP contribution in [0.2, 0.25) is 0 Å². The molecule has 1 N–H and O–H groups in total. The smallest absolute Gasteiger partial charge is 0.149 e. The van der Waals surface area contributed by atoms with Gasteiger partial charge in [-0.25, -0.2) is 9.37 Å². The van der Waals surface area contributed by atoms with Crippen LogP contribution in [-0.4, -0.2) is 12.0 Å². The van der Waals surface area contributed by atoms with Gasteiger partial charge in [0.1, 0.15) is 11.3 Å². The zero-order chi connectivity index (χ0) is 12.4. The third-order valence-corrected chi connectivity index (χ3v) is 2.84. The molecule has 1 aromatic carbocycles. The Morgan fingerprint density at radius 1 is 1.29 bits per heavy atom. The van der Waals surface area contributed by atoms with E-state index < -0.39 is 0 Å². The van der Waals surface area contributed by atoms with Crippen LogP contribution in [0.15, 0.2) is 18.2 Å². The molecular formula is C14H17FN2. The number of aromatic nitrogens is 1. The molecule has 2 rings (SSSR count). The second-order valence-corrected chi connectivity index (χ2v) is 4.30. The van der Waals surface area contributed by atoms with E-state index in [-0.39, 0.29) is 5.82 Å². The molecule has 0 aliphatic heterocycles. The quantitative estimate of drug-likeness (QED) is 0.873. The lowest BCUT2D eigenvalue weighted by molar-refractivity contribution is 0.635. The molecular weight excluding hydrogens is 215 g/mol.